The van der Waals surface area contributed by atoms with Crippen molar-refractivity contribution in [3.05, 3.63) is 29.0 Å². The zero-order valence-corrected chi connectivity index (χ0v) is 14.0. The van der Waals surface area contributed by atoms with E-state index in [-0.39, 0.29) is 30.6 Å². The van der Waals surface area contributed by atoms with Crippen molar-refractivity contribution in [1.82, 2.24) is 20.2 Å². The van der Waals surface area contributed by atoms with Gasteiger partial charge < -0.3 is 15.2 Å². The van der Waals surface area contributed by atoms with Crippen LogP contribution in [0.15, 0.2) is 18.2 Å². The molecule has 0 aliphatic carbocycles. The van der Waals surface area contributed by atoms with E-state index in [0.29, 0.717) is 18.0 Å². The van der Waals surface area contributed by atoms with E-state index in [4.69, 9.17) is 11.6 Å². The summed E-state index contributed by atoms with van der Waals surface area (Å²) in [4.78, 5) is 21.1. The molecule has 1 fully saturated rings. The number of imidazole rings is 1. The number of halogens is 1. The van der Waals surface area contributed by atoms with Crippen LogP contribution < -0.4 is 5.32 Å². The maximum atomic E-state index is 12.0. The molecule has 7 nitrogen and oxygen atoms in total. The first kappa shape index (κ1) is 16.1. The number of nitrogens with one attached hydrogen (secondary N) is 2. The fourth-order valence-corrected chi connectivity index (χ4v) is 3.84. The van der Waals surface area contributed by atoms with Gasteiger partial charge in [0.15, 0.2) is 9.84 Å². The van der Waals surface area contributed by atoms with Crippen molar-refractivity contribution in [2.45, 2.75) is 6.42 Å². The van der Waals surface area contributed by atoms with Gasteiger partial charge in [-0.1, -0.05) is 11.6 Å². The van der Waals surface area contributed by atoms with Crippen LogP contribution in [0.5, 0.6) is 0 Å². The second-order valence-electron chi connectivity index (χ2n) is 5.47. The van der Waals surface area contributed by atoms with Crippen molar-refractivity contribution in [3.63, 3.8) is 0 Å². The van der Waals surface area contributed by atoms with Gasteiger partial charge in [0.05, 0.1) is 22.5 Å². The van der Waals surface area contributed by atoms with E-state index < -0.39 is 9.84 Å². The van der Waals surface area contributed by atoms with E-state index in [0.717, 1.165) is 16.9 Å². The molecule has 1 aliphatic rings. The number of urea groups is 1. The number of aromatic amines is 1. The second kappa shape index (κ2) is 6.37. The van der Waals surface area contributed by atoms with Gasteiger partial charge in [-0.3, -0.25) is 0 Å². The number of rotatable bonds is 3. The predicted molar refractivity (Wildman–Crippen MR) is 88.4 cm³/mol. The Kier molecular flexibility index (Phi) is 4.45. The third-order valence-electron chi connectivity index (χ3n) is 3.76. The number of nitrogens with zero attached hydrogens (tertiary/aromatic N) is 2. The maximum Gasteiger partial charge on any atom is 0.317 e. The number of sulfone groups is 1. The van der Waals surface area contributed by atoms with Crippen LogP contribution in [0.3, 0.4) is 0 Å². The van der Waals surface area contributed by atoms with Crippen molar-refractivity contribution >= 4 is 38.5 Å². The number of carbonyl (C=O) groups excluding carboxylic acids is 1. The van der Waals surface area contributed by atoms with Crippen LogP contribution in [0.2, 0.25) is 5.02 Å². The summed E-state index contributed by atoms with van der Waals surface area (Å²) in [5.74, 6) is 0.832. The summed E-state index contributed by atoms with van der Waals surface area (Å²) in [7, 11) is -2.98. The molecule has 0 atom stereocenters. The highest BCUT2D eigenvalue weighted by Gasteiger charge is 2.24. The molecule has 1 aromatic heterocycles. The Labute approximate surface area is 138 Å². The number of amides is 2. The fraction of sp³-hybridized carbons (Fsp3) is 0.429. The molecule has 1 aromatic carbocycles. The SMILES string of the molecule is O=C(NCCc1nc2ccc(Cl)cc2[nH]1)N1CCS(=O)(=O)CC1. The molecule has 23 heavy (non-hydrogen) atoms. The molecule has 2 aromatic rings. The van der Waals surface area contributed by atoms with Gasteiger partial charge in [0.25, 0.3) is 0 Å². The highest BCUT2D eigenvalue weighted by Crippen LogP contribution is 2.17. The molecule has 2 amide bonds. The molecule has 124 valence electrons. The van der Waals surface area contributed by atoms with E-state index in [9.17, 15) is 13.2 Å². The molecule has 2 heterocycles. The predicted octanol–water partition coefficient (Wildman–Crippen LogP) is 1.20. The maximum absolute atomic E-state index is 12.0. The zero-order valence-electron chi connectivity index (χ0n) is 12.4. The molecule has 2 N–H and O–H groups in total. The van der Waals surface area contributed by atoms with Crippen molar-refractivity contribution in [1.29, 1.82) is 0 Å². The van der Waals surface area contributed by atoms with E-state index >= 15 is 0 Å². The van der Waals surface area contributed by atoms with E-state index in [1.165, 1.54) is 4.90 Å². The van der Waals surface area contributed by atoms with E-state index in [1.54, 1.807) is 12.1 Å². The fourth-order valence-electron chi connectivity index (χ4n) is 2.47. The van der Waals surface area contributed by atoms with Crippen LogP contribution in [-0.4, -0.2) is 60.5 Å². The largest absolute Gasteiger partial charge is 0.342 e. The van der Waals surface area contributed by atoms with Gasteiger partial charge in [-0.05, 0) is 18.2 Å². The lowest BCUT2D eigenvalue weighted by Gasteiger charge is -2.26. The van der Waals surface area contributed by atoms with Gasteiger partial charge in [-0.15, -0.1) is 0 Å². The zero-order chi connectivity index (χ0) is 16.4. The van der Waals surface area contributed by atoms with Crippen LogP contribution in [0.1, 0.15) is 5.82 Å². The minimum Gasteiger partial charge on any atom is -0.342 e. The minimum absolute atomic E-state index is 0.0325. The second-order valence-corrected chi connectivity index (χ2v) is 8.21. The van der Waals surface area contributed by atoms with Gasteiger partial charge in [0.1, 0.15) is 5.82 Å². The van der Waals surface area contributed by atoms with Gasteiger partial charge in [0, 0.05) is 31.1 Å². The summed E-state index contributed by atoms with van der Waals surface area (Å²) < 4.78 is 22.7. The molecule has 0 spiro atoms. The van der Waals surface area contributed by atoms with Crippen LogP contribution in [0.4, 0.5) is 4.79 Å². The Morgan fingerprint density at radius 2 is 2.09 bits per heavy atom. The first-order valence-electron chi connectivity index (χ1n) is 7.30. The van der Waals surface area contributed by atoms with Crippen LogP contribution in [0.25, 0.3) is 11.0 Å². The number of hydrogen-bond donors (Lipinski definition) is 2. The first-order chi connectivity index (χ1) is 10.9. The van der Waals surface area contributed by atoms with E-state index in [2.05, 4.69) is 15.3 Å². The number of benzene rings is 1. The highest BCUT2D eigenvalue weighted by atomic mass is 35.5. The Hall–Kier alpha value is -1.80. The van der Waals surface area contributed by atoms with Gasteiger partial charge >= 0.3 is 6.03 Å². The van der Waals surface area contributed by atoms with Crippen molar-refractivity contribution < 1.29 is 13.2 Å². The smallest absolute Gasteiger partial charge is 0.317 e. The summed E-state index contributed by atoms with van der Waals surface area (Å²) in [6, 6.07) is 5.18. The Balaban J connectivity index is 1.51. The Bertz CT molecular complexity index is 820. The molecule has 0 unspecified atom stereocenters. The number of fused-ring (bicyclic) bond motifs is 1. The number of carbonyl (C=O) groups is 1. The number of hydrogen-bond acceptors (Lipinski definition) is 4. The molecule has 0 saturated carbocycles. The van der Waals surface area contributed by atoms with Crippen LogP contribution in [0, 0.1) is 0 Å². The molecule has 3 rings (SSSR count). The van der Waals surface area contributed by atoms with Gasteiger partial charge in [0.2, 0.25) is 0 Å². The normalized spacial score (nSPS) is 17.3. The van der Waals surface area contributed by atoms with E-state index in [1.807, 2.05) is 6.07 Å². The standard InChI is InChI=1S/C14H17ClN4O3S/c15-10-1-2-11-12(9-10)18-13(17-11)3-4-16-14(20)19-5-7-23(21,22)8-6-19/h1-2,9H,3-8H2,(H,16,20)(H,17,18). The first-order valence-corrected chi connectivity index (χ1v) is 9.50. The lowest BCUT2D eigenvalue weighted by molar-refractivity contribution is 0.202. The van der Waals surface area contributed by atoms with Crippen molar-refractivity contribution in [3.8, 4) is 0 Å². The summed E-state index contributed by atoms with van der Waals surface area (Å²) in [6.07, 6.45) is 0.560. The average Bonchev–Trinajstić information content (AvgIpc) is 2.88. The summed E-state index contributed by atoms with van der Waals surface area (Å²) >= 11 is 5.93. The molecule has 0 bridgehead atoms. The number of aromatic nitrogens is 2. The van der Waals surface area contributed by atoms with Gasteiger partial charge in [-0.2, -0.15) is 0 Å². The Morgan fingerprint density at radius 3 is 2.83 bits per heavy atom. The summed E-state index contributed by atoms with van der Waals surface area (Å²) in [6.45, 7) is 0.921. The monoisotopic (exact) mass is 356 g/mol. The minimum atomic E-state index is -2.98. The highest BCUT2D eigenvalue weighted by molar-refractivity contribution is 7.91. The average molecular weight is 357 g/mol. The molecular weight excluding hydrogens is 340 g/mol. The molecule has 9 heteroatoms. The van der Waals surface area contributed by atoms with Gasteiger partial charge in [-0.25, -0.2) is 18.2 Å². The molecule has 1 aliphatic heterocycles. The lowest BCUT2D eigenvalue weighted by atomic mass is 10.3. The Morgan fingerprint density at radius 1 is 1.35 bits per heavy atom. The molecule has 1 saturated heterocycles. The lowest BCUT2D eigenvalue weighted by Crippen LogP contribution is -2.48. The number of H-pyrrole nitrogens is 1. The topological polar surface area (TPSA) is 95.2 Å². The summed E-state index contributed by atoms with van der Waals surface area (Å²) in [5, 5.41) is 3.43. The van der Waals surface area contributed by atoms with Crippen LogP contribution >= 0.6 is 11.6 Å². The third-order valence-corrected chi connectivity index (χ3v) is 5.61. The van der Waals surface area contributed by atoms with Crippen molar-refractivity contribution in [2.75, 3.05) is 31.1 Å². The van der Waals surface area contributed by atoms with Crippen molar-refractivity contribution in [2.24, 2.45) is 0 Å². The molecular formula is C14H17ClN4O3S. The summed E-state index contributed by atoms with van der Waals surface area (Å²) in [5.41, 5.74) is 1.69. The third kappa shape index (κ3) is 3.94. The molecule has 0 radical (unpaired) electrons. The quantitative estimate of drug-likeness (QED) is 0.863. The van der Waals surface area contributed by atoms with Crippen LogP contribution in [-0.2, 0) is 16.3 Å².